The van der Waals surface area contributed by atoms with Gasteiger partial charge < -0.3 is 39.6 Å². The average molecular weight is 1650 g/mol. The predicted octanol–water partition coefficient (Wildman–Crippen LogP) is 11.4. The highest BCUT2D eigenvalue weighted by atomic mass is 79.9. The number of alkyl halides is 6. The summed E-state index contributed by atoms with van der Waals surface area (Å²) < 4.78 is 130. The Morgan fingerprint density at radius 3 is 1.31 bits per heavy atom. The third-order valence-corrected chi connectivity index (χ3v) is 23.3. The smallest absolute Gasteiger partial charge is 0.368 e. The number of nitrogens with one attached hydrogen (secondary N) is 6. The van der Waals surface area contributed by atoms with E-state index >= 15 is 0 Å². The number of H-pyrrole nitrogens is 5. The number of carbonyl (C=O) groups excluding carboxylic acids is 3. The number of fused-ring (bicyclic) bond motifs is 5. The first-order chi connectivity index (χ1) is 50.8. The Morgan fingerprint density at radius 2 is 0.898 bits per heavy atom. The Labute approximate surface area is 637 Å². The molecule has 4 amide bonds. The van der Waals surface area contributed by atoms with E-state index in [0.29, 0.717) is 102 Å². The van der Waals surface area contributed by atoms with Crippen LogP contribution in [-0.2, 0) is 42.0 Å². The summed E-state index contributed by atoms with van der Waals surface area (Å²) in [6, 6.07) is 16.0. The number of rotatable bonds is 7. The SMILES string of the molecule is CC(=O)N1CCN(c2cc(Br)cc3[nH]ncc23)CC1.CC(=O)N1CCN(c2cc(C(F)(F)F)cc3[nH]ncc23)CC1(C)C.CC1(C)CN(c2cc(C(F)(F)F)cc3[nH]ncc23)CCN1S(C)(=O)=O.CNC(=O)N1CCN(c2cc(Cl)cc3[nH]ncc23)CC1.CS(=O)(=O)N1CC=C(c2cc(Cl)cc3[nH]ncc23)CC1. The van der Waals surface area contributed by atoms with Gasteiger partial charge in [0.25, 0.3) is 0 Å². The Balaban J connectivity index is 0.000000135. The zero-order valence-corrected chi connectivity index (χ0v) is 65.3. The molecule has 5 aliphatic rings. The van der Waals surface area contributed by atoms with E-state index < -0.39 is 54.6 Å². The molecule has 27 nitrogen and oxygen atoms in total. The monoisotopic (exact) mass is 1640 g/mol. The molecule has 4 saturated heterocycles. The minimum Gasteiger partial charge on any atom is -0.368 e. The van der Waals surface area contributed by atoms with Crippen molar-refractivity contribution in [2.45, 2.75) is 71.4 Å². The van der Waals surface area contributed by atoms with Crippen LogP contribution in [0.15, 0.2) is 102 Å². The number of carbonyl (C=O) groups is 3. The van der Waals surface area contributed by atoms with Gasteiger partial charge in [-0.15, -0.1) is 0 Å². The van der Waals surface area contributed by atoms with Crippen molar-refractivity contribution in [1.29, 1.82) is 0 Å². The third kappa shape index (κ3) is 18.3. The number of anilines is 4. The average Bonchev–Trinajstić information content (AvgIpc) is 1.03. The number of hydrogen-bond donors (Lipinski definition) is 6. The highest BCUT2D eigenvalue weighted by Crippen LogP contribution is 2.41. The van der Waals surface area contributed by atoms with Gasteiger partial charge >= 0.3 is 18.4 Å². The fourth-order valence-corrected chi connectivity index (χ4v) is 17.4. The molecule has 15 rings (SSSR count). The fraction of sp³-hybridized carbons (Fsp3) is 0.429. The molecule has 0 radical (unpaired) electrons. The van der Waals surface area contributed by atoms with Gasteiger partial charge in [-0.1, -0.05) is 45.2 Å². The molecule has 6 N–H and O–H groups in total. The van der Waals surface area contributed by atoms with E-state index in [0.717, 1.165) is 124 Å². The van der Waals surface area contributed by atoms with Crippen LogP contribution in [0.1, 0.15) is 64.7 Å². The van der Waals surface area contributed by atoms with Crippen molar-refractivity contribution in [2.24, 2.45) is 0 Å². The molecule has 10 heterocycles. The fourth-order valence-electron chi connectivity index (χ4n) is 14.4. The summed E-state index contributed by atoms with van der Waals surface area (Å²) in [6.07, 6.45) is 4.56. The van der Waals surface area contributed by atoms with Gasteiger partial charge in [-0.2, -0.15) is 60.4 Å². The first-order valence-electron chi connectivity index (χ1n) is 34.4. The number of nitrogens with zero attached hydrogens (tertiary/aromatic N) is 14. The molecule has 38 heteroatoms. The molecule has 0 atom stereocenters. The van der Waals surface area contributed by atoms with Gasteiger partial charge in [0.15, 0.2) is 0 Å². The van der Waals surface area contributed by atoms with Gasteiger partial charge in [0, 0.05) is 195 Å². The molecule has 0 unspecified atom stereocenters. The van der Waals surface area contributed by atoms with Crippen LogP contribution >= 0.6 is 39.1 Å². The van der Waals surface area contributed by atoms with E-state index in [1.807, 2.05) is 77.3 Å². The van der Waals surface area contributed by atoms with Crippen LogP contribution in [-0.4, -0.2) is 244 Å². The second-order valence-corrected chi connectivity index (χ2v) is 33.7. The third-order valence-electron chi connectivity index (χ3n) is 19.6. The van der Waals surface area contributed by atoms with Crippen LogP contribution in [0.3, 0.4) is 0 Å². The zero-order chi connectivity index (χ0) is 78.2. The van der Waals surface area contributed by atoms with E-state index in [1.54, 1.807) is 43.8 Å². The highest BCUT2D eigenvalue weighted by molar-refractivity contribution is 9.10. The summed E-state index contributed by atoms with van der Waals surface area (Å²) in [5.74, 6) is 0.125. The molecule has 5 aliphatic heterocycles. The number of benzene rings is 5. The van der Waals surface area contributed by atoms with Gasteiger partial charge in [-0.25, -0.2) is 21.6 Å². The zero-order valence-electron chi connectivity index (χ0n) is 60.6. The lowest BCUT2D eigenvalue weighted by molar-refractivity contribution is -0.138. The maximum absolute atomic E-state index is 13.2. The number of urea groups is 1. The molecule has 10 aromatic rings. The quantitative estimate of drug-likeness (QED) is 0.0808. The topological polar surface area (TPSA) is 304 Å². The first kappa shape index (κ1) is 80.1. The second kappa shape index (κ2) is 31.9. The number of halogens is 9. The number of piperazine rings is 4. The van der Waals surface area contributed by atoms with Crippen LogP contribution in [0.2, 0.25) is 10.0 Å². The summed E-state index contributed by atoms with van der Waals surface area (Å²) in [6.45, 7) is 19.8. The van der Waals surface area contributed by atoms with E-state index in [9.17, 15) is 57.6 Å². The van der Waals surface area contributed by atoms with Gasteiger partial charge in [0.1, 0.15) is 0 Å². The summed E-state index contributed by atoms with van der Waals surface area (Å²) in [5.41, 5.74) is 6.09. The first-order valence-corrected chi connectivity index (χ1v) is 39.6. The summed E-state index contributed by atoms with van der Waals surface area (Å²) in [5, 5.41) is 42.4. The Morgan fingerprint density at radius 1 is 0.491 bits per heavy atom. The van der Waals surface area contributed by atoms with Gasteiger partial charge in [0.05, 0.1) is 87.7 Å². The number of aromatic nitrogens is 10. The molecule has 0 aliphatic carbocycles. The van der Waals surface area contributed by atoms with Crippen LogP contribution in [0.4, 0.5) is 53.9 Å². The lowest BCUT2D eigenvalue weighted by Crippen LogP contribution is -2.60. The molecule has 5 aromatic heterocycles. The van der Waals surface area contributed by atoms with E-state index in [-0.39, 0.29) is 30.9 Å². The molecule has 580 valence electrons. The molecule has 5 aromatic carbocycles. The molecular weight excluding hydrogens is 1560 g/mol. The van der Waals surface area contributed by atoms with Gasteiger partial charge in [0.2, 0.25) is 31.9 Å². The Kier molecular flexibility index (Phi) is 23.7. The van der Waals surface area contributed by atoms with Gasteiger partial charge in [-0.3, -0.25) is 35.1 Å². The number of aromatic amines is 5. The maximum atomic E-state index is 13.2. The van der Waals surface area contributed by atoms with Crippen LogP contribution < -0.4 is 24.9 Å². The predicted molar refractivity (Wildman–Crippen MR) is 411 cm³/mol. The second-order valence-electron chi connectivity index (χ2n) is 28.0. The van der Waals surface area contributed by atoms with Crippen LogP contribution in [0.5, 0.6) is 0 Å². The van der Waals surface area contributed by atoms with E-state index in [1.165, 1.54) is 39.9 Å². The minimum absolute atomic E-state index is 0.0239. The minimum atomic E-state index is -4.47. The van der Waals surface area contributed by atoms with Crippen molar-refractivity contribution in [3.05, 3.63) is 129 Å². The molecule has 108 heavy (non-hydrogen) atoms. The lowest BCUT2D eigenvalue weighted by Gasteiger charge is -2.47. The largest absolute Gasteiger partial charge is 0.416 e. The normalized spacial score (nSPS) is 17.5. The van der Waals surface area contributed by atoms with Crippen molar-refractivity contribution in [3.63, 3.8) is 0 Å². The van der Waals surface area contributed by atoms with E-state index in [2.05, 4.69) is 88.1 Å². The number of hydrogen-bond acceptors (Lipinski definition) is 16. The van der Waals surface area contributed by atoms with Crippen LogP contribution in [0.25, 0.3) is 60.1 Å². The van der Waals surface area contributed by atoms with E-state index in [4.69, 9.17) is 23.2 Å². The van der Waals surface area contributed by atoms with Crippen molar-refractivity contribution in [3.8, 4) is 0 Å². The molecule has 4 fully saturated rings. The van der Waals surface area contributed by atoms with Crippen molar-refractivity contribution in [2.75, 3.05) is 144 Å². The molecule has 0 saturated carbocycles. The van der Waals surface area contributed by atoms with Gasteiger partial charge in [-0.05, 0) is 106 Å². The highest BCUT2D eigenvalue weighted by Gasteiger charge is 2.42. The standard InChI is InChI=1S/C16H19F3N4O.C15H19F3N4O2S.C13H15BrN4O.C13H16ClN5O.C13H14ClN3O2S/c1-10(24)23-5-4-22(9-15(23,2)3)14-7-11(16(17,18)19)6-13-12(14)8-20-21-13;1-14(2)9-21(4-5-22(14)25(3,23)24)13-7-10(15(16,17)18)6-12-11(13)8-19-20-12;1-9(19)17-2-4-18(5-3-17)13-7-10(14)6-12-11(13)8-15-16-12;1-15-13(20)19-4-2-18(3-5-19)12-7-9(14)6-11-10(12)8-16-17-11;1-20(18,19)17-4-2-9(3-5-17)11-6-10(14)7-13-12(11)8-15-16-13/h6-8H,4-5,9H2,1-3H3,(H,20,21);6-8H,4-5,9H2,1-3H3,(H,19,20);6-8H,2-5H2,1H3,(H,15,16);6-8H,2-5H2,1H3,(H,15,20)(H,16,17);2,6-8H,3-5H2,1H3,(H,15,16). The van der Waals surface area contributed by atoms with Crippen LogP contribution in [0, 0.1) is 0 Å². The molecule has 0 bridgehead atoms. The molecule has 0 spiro atoms. The molecular formula is C70H83BrCl2F6N20O7S2. The van der Waals surface area contributed by atoms with Crippen molar-refractivity contribution in [1.82, 2.24) is 79.6 Å². The summed E-state index contributed by atoms with van der Waals surface area (Å²) >= 11 is 15.8. The lowest BCUT2D eigenvalue weighted by atomic mass is 9.97. The number of amides is 4. The Bertz CT molecular complexity index is 5230. The van der Waals surface area contributed by atoms with Crippen molar-refractivity contribution < 1.29 is 57.6 Å². The number of sulfonamides is 2. The summed E-state index contributed by atoms with van der Waals surface area (Å²) in [4.78, 5) is 48.4. The Hall–Kier alpha value is -8.94. The summed E-state index contributed by atoms with van der Waals surface area (Å²) in [7, 11) is -4.87. The maximum Gasteiger partial charge on any atom is 0.416 e. The van der Waals surface area contributed by atoms with Crippen molar-refractivity contribution >= 4 is 160 Å².